The van der Waals surface area contributed by atoms with Crippen molar-refractivity contribution in [1.82, 2.24) is 10.2 Å². The average molecular weight is 582 g/mol. The van der Waals surface area contributed by atoms with Gasteiger partial charge in [-0.15, -0.1) is 0 Å². The molecule has 3 aromatic carbocycles. The molecule has 0 bridgehead atoms. The minimum absolute atomic E-state index is 0.0669. The second-order valence-corrected chi connectivity index (χ2v) is 11.6. The Kier molecular flexibility index (Phi) is 10.8. The largest absolute Gasteiger partial charge is 0.493 e. The molecular formula is C31H39N3O6S. The molecule has 3 aromatic rings. The van der Waals surface area contributed by atoms with Crippen molar-refractivity contribution in [2.24, 2.45) is 0 Å². The maximum absolute atomic E-state index is 14.1. The lowest BCUT2D eigenvalue weighted by atomic mass is 10.1. The number of hydrogen-bond donors (Lipinski definition) is 1. The van der Waals surface area contributed by atoms with Gasteiger partial charge in [-0.25, -0.2) is 8.42 Å². The van der Waals surface area contributed by atoms with Crippen molar-refractivity contribution in [1.29, 1.82) is 0 Å². The highest BCUT2D eigenvalue weighted by Gasteiger charge is 2.33. The van der Waals surface area contributed by atoms with E-state index >= 15 is 0 Å². The summed E-state index contributed by atoms with van der Waals surface area (Å²) in [6.45, 7) is 7.52. The highest BCUT2D eigenvalue weighted by molar-refractivity contribution is 7.92. The minimum Gasteiger partial charge on any atom is -0.493 e. The molecular weight excluding hydrogens is 542 g/mol. The number of amides is 2. The molecule has 0 fully saturated rings. The van der Waals surface area contributed by atoms with Gasteiger partial charge in [-0.1, -0.05) is 48.9 Å². The Hall–Kier alpha value is -4.05. The SMILES string of the molecule is CCCNC(=O)[C@H](C)N(Cc1ccccc1C)C(=O)CN(c1ccc(C)cc1)S(=O)(=O)c1ccc(OC)c(OC)c1. The Morgan fingerprint density at radius 2 is 1.59 bits per heavy atom. The summed E-state index contributed by atoms with van der Waals surface area (Å²) in [7, 11) is -1.36. The first-order valence-electron chi connectivity index (χ1n) is 13.5. The number of sulfonamides is 1. The molecule has 1 atom stereocenters. The van der Waals surface area contributed by atoms with Crippen LogP contribution in [0.5, 0.6) is 11.5 Å². The van der Waals surface area contributed by atoms with Crippen molar-refractivity contribution >= 4 is 27.5 Å². The monoisotopic (exact) mass is 581 g/mol. The van der Waals surface area contributed by atoms with E-state index in [4.69, 9.17) is 9.47 Å². The number of carbonyl (C=O) groups excluding carboxylic acids is 2. The summed E-state index contributed by atoms with van der Waals surface area (Å²) in [4.78, 5) is 28.4. The standard InChI is InChI=1S/C31H39N3O6S/c1-7-18-32-31(36)24(4)33(20-25-11-9-8-10-23(25)3)30(35)21-34(26-14-12-22(2)13-15-26)41(37,38)27-16-17-28(39-5)29(19-27)40-6/h8-17,19,24H,7,18,20-21H2,1-6H3,(H,32,36)/t24-/m0/s1. The summed E-state index contributed by atoms with van der Waals surface area (Å²) in [6, 6.07) is 17.9. The number of anilines is 1. The fourth-order valence-corrected chi connectivity index (χ4v) is 5.72. The second-order valence-electron chi connectivity index (χ2n) is 9.78. The summed E-state index contributed by atoms with van der Waals surface area (Å²) >= 11 is 0. The topological polar surface area (TPSA) is 105 Å². The molecule has 1 N–H and O–H groups in total. The van der Waals surface area contributed by atoms with Crippen LogP contribution in [0.4, 0.5) is 5.69 Å². The van der Waals surface area contributed by atoms with Gasteiger partial charge < -0.3 is 19.7 Å². The van der Waals surface area contributed by atoms with Gasteiger partial charge in [-0.3, -0.25) is 13.9 Å². The molecule has 41 heavy (non-hydrogen) atoms. The van der Waals surface area contributed by atoms with Gasteiger partial charge >= 0.3 is 0 Å². The Morgan fingerprint density at radius 3 is 2.20 bits per heavy atom. The van der Waals surface area contributed by atoms with Crippen molar-refractivity contribution in [3.63, 3.8) is 0 Å². The van der Waals surface area contributed by atoms with Gasteiger partial charge in [0, 0.05) is 19.2 Å². The van der Waals surface area contributed by atoms with E-state index in [1.165, 1.54) is 37.3 Å². The van der Waals surface area contributed by atoms with E-state index in [2.05, 4.69) is 5.32 Å². The van der Waals surface area contributed by atoms with Crippen LogP contribution in [0.15, 0.2) is 71.6 Å². The number of methoxy groups -OCH3 is 2. The third-order valence-electron chi connectivity index (χ3n) is 6.86. The molecule has 3 rings (SSSR count). The highest BCUT2D eigenvalue weighted by atomic mass is 32.2. The van der Waals surface area contributed by atoms with E-state index < -0.39 is 28.5 Å². The molecule has 0 saturated carbocycles. The Labute approximate surface area is 243 Å². The van der Waals surface area contributed by atoms with Crippen molar-refractivity contribution < 1.29 is 27.5 Å². The van der Waals surface area contributed by atoms with E-state index in [1.54, 1.807) is 31.2 Å². The van der Waals surface area contributed by atoms with Crippen LogP contribution >= 0.6 is 0 Å². The van der Waals surface area contributed by atoms with E-state index in [-0.39, 0.29) is 23.1 Å². The van der Waals surface area contributed by atoms with Crippen molar-refractivity contribution in [2.75, 3.05) is 31.6 Å². The lowest BCUT2D eigenvalue weighted by molar-refractivity contribution is -0.139. The Bertz CT molecular complexity index is 1460. The first kappa shape index (κ1) is 31.5. The zero-order valence-corrected chi connectivity index (χ0v) is 25.3. The molecule has 0 saturated heterocycles. The summed E-state index contributed by atoms with van der Waals surface area (Å²) in [5, 5.41) is 2.85. The number of rotatable bonds is 13. The lowest BCUT2D eigenvalue weighted by Gasteiger charge is -2.32. The summed E-state index contributed by atoms with van der Waals surface area (Å²) in [5.41, 5.74) is 3.07. The number of hydrogen-bond acceptors (Lipinski definition) is 6. The van der Waals surface area contributed by atoms with Crippen LogP contribution in [-0.2, 0) is 26.2 Å². The molecule has 220 valence electrons. The van der Waals surface area contributed by atoms with Gasteiger partial charge in [0.05, 0.1) is 24.8 Å². The lowest BCUT2D eigenvalue weighted by Crippen LogP contribution is -2.51. The van der Waals surface area contributed by atoms with Gasteiger partial charge in [0.25, 0.3) is 10.0 Å². The summed E-state index contributed by atoms with van der Waals surface area (Å²) in [5.74, 6) is -0.206. The molecule has 0 unspecified atom stereocenters. The first-order valence-corrected chi connectivity index (χ1v) is 14.9. The van der Waals surface area contributed by atoms with Gasteiger partial charge in [0.15, 0.2) is 11.5 Å². The number of benzene rings is 3. The quantitative estimate of drug-likeness (QED) is 0.320. The van der Waals surface area contributed by atoms with Crippen LogP contribution in [0.1, 0.15) is 37.0 Å². The Morgan fingerprint density at radius 1 is 0.927 bits per heavy atom. The fourth-order valence-electron chi connectivity index (χ4n) is 4.29. The molecule has 0 aliphatic heterocycles. The summed E-state index contributed by atoms with van der Waals surface area (Å²) in [6.07, 6.45) is 0.745. The zero-order chi connectivity index (χ0) is 30.2. The first-order chi connectivity index (χ1) is 19.5. The molecule has 2 amide bonds. The predicted octanol–water partition coefficient (Wildman–Crippen LogP) is 4.46. The maximum atomic E-state index is 14.1. The Balaban J connectivity index is 2.07. The van der Waals surface area contributed by atoms with Crippen LogP contribution in [0, 0.1) is 13.8 Å². The maximum Gasteiger partial charge on any atom is 0.264 e. The van der Waals surface area contributed by atoms with Crippen molar-refractivity contribution in [2.45, 2.75) is 51.6 Å². The second kappa shape index (κ2) is 14.0. The number of nitrogens with one attached hydrogen (secondary N) is 1. The van der Waals surface area contributed by atoms with E-state index in [9.17, 15) is 18.0 Å². The van der Waals surface area contributed by atoms with Gasteiger partial charge in [0.2, 0.25) is 11.8 Å². The highest BCUT2D eigenvalue weighted by Crippen LogP contribution is 2.32. The van der Waals surface area contributed by atoms with E-state index in [0.717, 1.165) is 27.4 Å². The van der Waals surface area contributed by atoms with Crippen molar-refractivity contribution in [3.8, 4) is 11.5 Å². The van der Waals surface area contributed by atoms with Crippen LogP contribution in [0.3, 0.4) is 0 Å². The number of nitrogens with zero attached hydrogens (tertiary/aromatic N) is 2. The number of carbonyl (C=O) groups is 2. The molecule has 0 aliphatic carbocycles. The van der Waals surface area contributed by atoms with Crippen LogP contribution < -0.4 is 19.1 Å². The molecule has 0 aliphatic rings. The smallest absolute Gasteiger partial charge is 0.264 e. The van der Waals surface area contributed by atoms with Gasteiger partial charge in [-0.05, 0) is 62.6 Å². The van der Waals surface area contributed by atoms with Crippen LogP contribution in [0.25, 0.3) is 0 Å². The summed E-state index contributed by atoms with van der Waals surface area (Å²) < 4.78 is 39.8. The van der Waals surface area contributed by atoms with Crippen LogP contribution in [0.2, 0.25) is 0 Å². The number of ether oxygens (including phenoxy) is 2. The molecule has 0 radical (unpaired) electrons. The molecule has 9 nitrogen and oxygen atoms in total. The van der Waals surface area contributed by atoms with Crippen LogP contribution in [-0.4, -0.2) is 58.5 Å². The fraction of sp³-hybridized carbons (Fsp3) is 0.355. The number of aryl methyl sites for hydroxylation is 2. The molecule has 0 aromatic heterocycles. The average Bonchev–Trinajstić information content (AvgIpc) is 2.97. The molecule has 0 spiro atoms. The van der Waals surface area contributed by atoms with Gasteiger partial charge in [-0.2, -0.15) is 0 Å². The van der Waals surface area contributed by atoms with Gasteiger partial charge in [0.1, 0.15) is 12.6 Å². The predicted molar refractivity (Wildman–Crippen MR) is 160 cm³/mol. The third-order valence-corrected chi connectivity index (χ3v) is 8.63. The van der Waals surface area contributed by atoms with E-state index in [0.29, 0.717) is 18.0 Å². The normalized spacial score (nSPS) is 11.9. The molecule has 10 heteroatoms. The molecule has 0 heterocycles. The minimum atomic E-state index is -4.24. The third kappa shape index (κ3) is 7.58. The van der Waals surface area contributed by atoms with E-state index in [1.807, 2.05) is 45.0 Å². The van der Waals surface area contributed by atoms with Crippen molar-refractivity contribution in [3.05, 3.63) is 83.4 Å². The zero-order valence-electron chi connectivity index (χ0n) is 24.5.